The molecule has 0 aromatic carbocycles. The monoisotopic (exact) mass is 256 g/mol. The van der Waals surface area contributed by atoms with E-state index in [9.17, 15) is 4.79 Å². The molecule has 0 unspecified atom stereocenters. The molecule has 1 rings (SSSR count). The molecule has 0 aliphatic carbocycles. The van der Waals surface area contributed by atoms with Gasteiger partial charge in [0.25, 0.3) is 0 Å². The minimum absolute atomic E-state index is 0.0831. The Hall–Kier alpha value is -1.29. The largest absolute Gasteiger partial charge is 0.478 e. The summed E-state index contributed by atoms with van der Waals surface area (Å²) in [5.41, 5.74) is 0.223. The highest BCUT2D eigenvalue weighted by atomic mass is 35.5. The lowest BCUT2D eigenvalue weighted by molar-refractivity contribution is 0.0697. The van der Waals surface area contributed by atoms with Crippen LogP contribution in [0, 0.1) is 5.41 Å². The van der Waals surface area contributed by atoms with Gasteiger partial charge in [-0.1, -0.05) is 32.4 Å². The summed E-state index contributed by atoms with van der Waals surface area (Å²) >= 11 is 5.76. The number of halogens is 1. The van der Waals surface area contributed by atoms with Crippen LogP contribution in [0.3, 0.4) is 0 Å². The Kier molecular flexibility index (Phi) is 4.34. The second kappa shape index (κ2) is 5.36. The van der Waals surface area contributed by atoms with Gasteiger partial charge in [-0.15, -0.1) is 0 Å². The number of carboxylic acids is 1. The summed E-state index contributed by atoms with van der Waals surface area (Å²) in [6, 6.07) is 2.93. The molecule has 1 aromatic heterocycles. The van der Waals surface area contributed by atoms with Gasteiger partial charge in [-0.2, -0.15) is 0 Å². The Morgan fingerprint density at radius 1 is 1.53 bits per heavy atom. The van der Waals surface area contributed by atoms with Crippen LogP contribution >= 0.6 is 11.6 Å². The van der Waals surface area contributed by atoms with Crippen molar-refractivity contribution >= 4 is 23.4 Å². The van der Waals surface area contributed by atoms with E-state index >= 15 is 0 Å². The van der Waals surface area contributed by atoms with Crippen LogP contribution in [0.1, 0.15) is 37.6 Å². The Morgan fingerprint density at radius 2 is 2.18 bits per heavy atom. The molecule has 0 aliphatic heterocycles. The quantitative estimate of drug-likeness (QED) is 0.794. The van der Waals surface area contributed by atoms with E-state index in [1.165, 1.54) is 12.1 Å². The fourth-order valence-corrected chi connectivity index (χ4v) is 1.34. The Morgan fingerprint density at radius 3 is 2.71 bits per heavy atom. The molecule has 4 nitrogen and oxygen atoms in total. The van der Waals surface area contributed by atoms with Gasteiger partial charge in [0.2, 0.25) is 0 Å². The van der Waals surface area contributed by atoms with E-state index in [-0.39, 0.29) is 16.1 Å². The lowest BCUT2D eigenvalue weighted by atomic mass is 9.90. The first-order chi connectivity index (χ1) is 7.85. The van der Waals surface area contributed by atoms with Gasteiger partial charge in [0.1, 0.15) is 16.5 Å². The molecule has 0 fully saturated rings. The Labute approximate surface area is 106 Å². The summed E-state index contributed by atoms with van der Waals surface area (Å²) in [5, 5.41) is 12.4. The fraction of sp³-hybridized carbons (Fsp3) is 0.500. The molecule has 1 heterocycles. The first kappa shape index (κ1) is 13.8. The maximum atomic E-state index is 11.0. The van der Waals surface area contributed by atoms with Crippen molar-refractivity contribution in [3.63, 3.8) is 0 Å². The van der Waals surface area contributed by atoms with Crippen molar-refractivity contribution < 1.29 is 9.90 Å². The number of nitrogens with zero attached hydrogens (tertiary/aromatic N) is 1. The van der Waals surface area contributed by atoms with Crippen molar-refractivity contribution in [2.45, 2.75) is 27.2 Å². The van der Waals surface area contributed by atoms with E-state index in [4.69, 9.17) is 16.7 Å². The second-order valence-electron chi connectivity index (χ2n) is 4.71. The van der Waals surface area contributed by atoms with Gasteiger partial charge in [0.15, 0.2) is 0 Å². The highest BCUT2D eigenvalue weighted by Crippen LogP contribution is 2.22. The molecule has 2 N–H and O–H groups in total. The van der Waals surface area contributed by atoms with Crippen LogP contribution in [-0.2, 0) is 0 Å². The number of rotatable bonds is 5. The van der Waals surface area contributed by atoms with Crippen LogP contribution in [0.25, 0.3) is 0 Å². The zero-order valence-corrected chi connectivity index (χ0v) is 11.0. The molecule has 0 radical (unpaired) electrons. The average Bonchev–Trinajstić information content (AvgIpc) is 2.26. The normalized spacial score (nSPS) is 11.3. The van der Waals surface area contributed by atoms with Gasteiger partial charge < -0.3 is 10.4 Å². The van der Waals surface area contributed by atoms with Crippen LogP contribution in [0.2, 0.25) is 5.15 Å². The lowest BCUT2D eigenvalue weighted by Crippen LogP contribution is -2.23. The number of aromatic carboxylic acids is 1. The number of hydrogen-bond donors (Lipinski definition) is 2. The summed E-state index contributed by atoms with van der Waals surface area (Å²) in [5.74, 6) is -0.683. The van der Waals surface area contributed by atoms with Crippen molar-refractivity contribution in [1.29, 1.82) is 0 Å². The zero-order chi connectivity index (χ0) is 13.1. The molecule has 0 saturated heterocycles. The third kappa shape index (κ3) is 3.89. The predicted molar refractivity (Wildman–Crippen MR) is 68.8 cm³/mol. The molecule has 0 aliphatic rings. The molecule has 1 aromatic rings. The summed E-state index contributed by atoms with van der Waals surface area (Å²) in [6.45, 7) is 6.94. The van der Waals surface area contributed by atoms with Crippen LogP contribution in [0.4, 0.5) is 5.82 Å². The Bertz CT molecular complexity index is 419. The number of nitrogens with one attached hydrogen (secondary N) is 1. The molecule has 0 spiro atoms. The third-order valence-electron chi connectivity index (χ3n) is 2.78. The minimum atomic E-state index is -1.01. The number of aromatic nitrogens is 1. The average molecular weight is 257 g/mol. The topological polar surface area (TPSA) is 62.2 Å². The van der Waals surface area contributed by atoms with Crippen LogP contribution in [0.5, 0.6) is 0 Å². The highest BCUT2D eigenvalue weighted by Gasteiger charge is 2.17. The van der Waals surface area contributed by atoms with Crippen molar-refractivity contribution in [1.82, 2.24) is 4.98 Å². The Balaban J connectivity index is 2.89. The highest BCUT2D eigenvalue weighted by molar-refractivity contribution is 6.29. The molecule has 0 atom stereocenters. The van der Waals surface area contributed by atoms with Gasteiger partial charge >= 0.3 is 5.97 Å². The number of pyridine rings is 1. The molecule has 17 heavy (non-hydrogen) atoms. The van der Waals surface area contributed by atoms with Gasteiger partial charge in [-0.05, 0) is 24.0 Å². The van der Waals surface area contributed by atoms with Crippen molar-refractivity contribution in [3.8, 4) is 0 Å². The number of carbonyl (C=O) groups is 1. The van der Waals surface area contributed by atoms with E-state index in [2.05, 4.69) is 31.1 Å². The third-order valence-corrected chi connectivity index (χ3v) is 2.99. The maximum Gasteiger partial charge on any atom is 0.339 e. The summed E-state index contributed by atoms with van der Waals surface area (Å²) < 4.78 is 0. The molecule has 0 amide bonds. The van der Waals surface area contributed by atoms with Crippen LogP contribution in [-0.4, -0.2) is 22.6 Å². The van der Waals surface area contributed by atoms with Gasteiger partial charge in [-0.25, -0.2) is 9.78 Å². The molecular formula is C12H17ClN2O2. The fourth-order valence-electron chi connectivity index (χ4n) is 1.19. The molecule has 94 valence electrons. The van der Waals surface area contributed by atoms with Crippen molar-refractivity contribution in [3.05, 3.63) is 22.8 Å². The van der Waals surface area contributed by atoms with E-state index in [1.54, 1.807) is 0 Å². The van der Waals surface area contributed by atoms with Crippen molar-refractivity contribution in [2.75, 3.05) is 11.9 Å². The molecule has 5 heteroatoms. The van der Waals surface area contributed by atoms with Gasteiger partial charge in [-0.3, -0.25) is 0 Å². The van der Waals surface area contributed by atoms with Crippen LogP contribution < -0.4 is 5.32 Å². The van der Waals surface area contributed by atoms with Crippen molar-refractivity contribution in [2.24, 2.45) is 5.41 Å². The standard InChI is InChI=1S/C12H17ClN2O2/c1-4-12(2,3)7-14-10-8(11(16)17)5-6-9(13)15-10/h5-6H,4,7H2,1-3H3,(H,14,15)(H,16,17). The molecular weight excluding hydrogens is 240 g/mol. The summed E-state index contributed by atoms with van der Waals surface area (Å²) in [6.07, 6.45) is 0.989. The number of hydrogen-bond acceptors (Lipinski definition) is 3. The maximum absolute atomic E-state index is 11.0. The summed E-state index contributed by atoms with van der Waals surface area (Å²) in [4.78, 5) is 15.0. The van der Waals surface area contributed by atoms with E-state index < -0.39 is 5.97 Å². The number of carboxylic acid groups (broad SMARTS) is 1. The first-order valence-corrected chi connectivity index (χ1v) is 5.87. The summed E-state index contributed by atoms with van der Waals surface area (Å²) in [7, 11) is 0. The predicted octanol–water partition coefficient (Wildman–Crippen LogP) is 3.28. The zero-order valence-electron chi connectivity index (χ0n) is 10.2. The van der Waals surface area contributed by atoms with Gasteiger partial charge in [0.05, 0.1) is 0 Å². The second-order valence-corrected chi connectivity index (χ2v) is 5.09. The SMILES string of the molecule is CCC(C)(C)CNc1nc(Cl)ccc1C(=O)O. The van der Waals surface area contributed by atoms with Gasteiger partial charge in [0, 0.05) is 6.54 Å². The smallest absolute Gasteiger partial charge is 0.339 e. The van der Waals surface area contributed by atoms with E-state index in [0.717, 1.165) is 6.42 Å². The molecule has 0 bridgehead atoms. The minimum Gasteiger partial charge on any atom is -0.478 e. The molecule has 0 saturated carbocycles. The number of anilines is 1. The van der Waals surface area contributed by atoms with E-state index in [1.807, 2.05) is 0 Å². The van der Waals surface area contributed by atoms with E-state index in [0.29, 0.717) is 12.4 Å². The lowest BCUT2D eigenvalue weighted by Gasteiger charge is -2.23. The first-order valence-electron chi connectivity index (χ1n) is 5.49. The van der Waals surface area contributed by atoms with Crippen LogP contribution in [0.15, 0.2) is 12.1 Å².